The molecule has 0 aromatic heterocycles. The van der Waals surface area contributed by atoms with Gasteiger partial charge in [-0.1, -0.05) is 18.2 Å². The lowest BCUT2D eigenvalue weighted by atomic mass is 9.94. The number of aryl methyl sites for hydroxylation is 2. The number of ether oxygens (including phenoxy) is 1. The first kappa shape index (κ1) is 13.2. The largest absolute Gasteiger partial charge is 0.385 e. The number of nitrogens with one attached hydrogen (secondary N) is 1. The molecular formula is C13H22N2O. The van der Waals surface area contributed by atoms with Crippen LogP contribution < -0.4 is 11.3 Å². The third kappa shape index (κ3) is 3.30. The van der Waals surface area contributed by atoms with Gasteiger partial charge >= 0.3 is 0 Å². The lowest BCUT2D eigenvalue weighted by Gasteiger charge is -2.20. The van der Waals surface area contributed by atoms with Crippen molar-refractivity contribution in [3.05, 3.63) is 34.9 Å². The van der Waals surface area contributed by atoms with Crippen molar-refractivity contribution in [1.82, 2.24) is 5.43 Å². The van der Waals surface area contributed by atoms with Crippen molar-refractivity contribution >= 4 is 0 Å². The molecule has 0 radical (unpaired) electrons. The second kappa shape index (κ2) is 6.63. The van der Waals surface area contributed by atoms with Crippen molar-refractivity contribution in [2.45, 2.75) is 32.7 Å². The minimum Gasteiger partial charge on any atom is -0.385 e. The molecule has 0 saturated heterocycles. The first-order valence-corrected chi connectivity index (χ1v) is 5.72. The average Bonchev–Trinajstić information content (AvgIpc) is 2.26. The predicted octanol–water partition coefficient (Wildman–Crippen LogP) is 2.23. The summed E-state index contributed by atoms with van der Waals surface area (Å²) in [6, 6.07) is 6.56. The SMILES string of the molecule is COCCCC(NN)c1c(C)cccc1C. The van der Waals surface area contributed by atoms with E-state index >= 15 is 0 Å². The van der Waals surface area contributed by atoms with Gasteiger partial charge in [-0.05, 0) is 43.4 Å². The van der Waals surface area contributed by atoms with Crippen LogP contribution in [-0.4, -0.2) is 13.7 Å². The van der Waals surface area contributed by atoms with E-state index in [0.29, 0.717) is 0 Å². The summed E-state index contributed by atoms with van der Waals surface area (Å²) in [5, 5.41) is 0. The molecule has 0 aliphatic heterocycles. The quantitative estimate of drug-likeness (QED) is 0.441. The van der Waals surface area contributed by atoms with E-state index in [4.69, 9.17) is 10.6 Å². The number of hydrogen-bond donors (Lipinski definition) is 2. The number of hydrogen-bond acceptors (Lipinski definition) is 3. The van der Waals surface area contributed by atoms with Gasteiger partial charge in [-0.25, -0.2) is 0 Å². The van der Waals surface area contributed by atoms with E-state index in [1.807, 2.05) is 0 Å². The van der Waals surface area contributed by atoms with Gasteiger partial charge in [0, 0.05) is 19.8 Å². The van der Waals surface area contributed by atoms with Gasteiger partial charge in [-0.3, -0.25) is 11.3 Å². The van der Waals surface area contributed by atoms with Gasteiger partial charge in [0.2, 0.25) is 0 Å². The minimum absolute atomic E-state index is 0.219. The summed E-state index contributed by atoms with van der Waals surface area (Å²) in [5.41, 5.74) is 6.81. The summed E-state index contributed by atoms with van der Waals surface area (Å²) >= 11 is 0. The Hall–Kier alpha value is -0.900. The van der Waals surface area contributed by atoms with Crippen LogP contribution in [0.15, 0.2) is 18.2 Å². The Morgan fingerprint density at radius 1 is 1.31 bits per heavy atom. The molecule has 0 aliphatic rings. The molecule has 90 valence electrons. The van der Waals surface area contributed by atoms with E-state index in [0.717, 1.165) is 19.4 Å². The first-order valence-electron chi connectivity index (χ1n) is 5.72. The van der Waals surface area contributed by atoms with Crippen LogP contribution in [0.4, 0.5) is 0 Å². The second-order valence-electron chi connectivity index (χ2n) is 4.16. The lowest BCUT2D eigenvalue weighted by Crippen LogP contribution is -2.29. The molecule has 1 aromatic carbocycles. The molecule has 0 heterocycles. The molecule has 0 saturated carbocycles. The predicted molar refractivity (Wildman–Crippen MR) is 67.1 cm³/mol. The fourth-order valence-corrected chi connectivity index (χ4v) is 2.12. The molecule has 1 atom stereocenters. The Kier molecular flexibility index (Phi) is 5.46. The summed E-state index contributed by atoms with van der Waals surface area (Å²) in [6.45, 7) is 5.04. The van der Waals surface area contributed by atoms with Crippen LogP contribution >= 0.6 is 0 Å². The van der Waals surface area contributed by atoms with E-state index in [1.54, 1.807) is 7.11 Å². The highest BCUT2D eigenvalue weighted by molar-refractivity contribution is 5.36. The van der Waals surface area contributed by atoms with Crippen molar-refractivity contribution in [2.75, 3.05) is 13.7 Å². The fraction of sp³-hybridized carbons (Fsp3) is 0.538. The van der Waals surface area contributed by atoms with Crippen LogP contribution in [0.25, 0.3) is 0 Å². The van der Waals surface area contributed by atoms with Crippen LogP contribution in [0.3, 0.4) is 0 Å². The van der Waals surface area contributed by atoms with Gasteiger partial charge in [-0.15, -0.1) is 0 Å². The van der Waals surface area contributed by atoms with Crippen molar-refractivity contribution in [3.8, 4) is 0 Å². The zero-order valence-corrected chi connectivity index (χ0v) is 10.4. The first-order chi connectivity index (χ1) is 7.70. The van der Waals surface area contributed by atoms with Crippen LogP contribution in [-0.2, 0) is 4.74 Å². The monoisotopic (exact) mass is 222 g/mol. The zero-order valence-electron chi connectivity index (χ0n) is 10.4. The Balaban J connectivity index is 2.78. The van der Waals surface area contributed by atoms with Crippen LogP contribution in [0, 0.1) is 13.8 Å². The molecule has 0 aliphatic carbocycles. The minimum atomic E-state index is 0.219. The molecule has 16 heavy (non-hydrogen) atoms. The zero-order chi connectivity index (χ0) is 12.0. The van der Waals surface area contributed by atoms with Gasteiger partial charge < -0.3 is 4.74 Å². The highest BCUT2D eigenvalue weighted by atomic mass is 16.5. The van der Waals surface area contributed by atoms with Crippen LogP contribution in [0.1, 0.15) is 35.6 Å². The molecule has 1 aromatic rings. The normalized spacial score (nSPS) is 12.8. The number of nitrogens with two attached hydrogens (primary N) is 1. The molecule has 0 spiro atoms. The molecule has 0 fully saturated rings. The number of rotatable bonds is 6. The van der Waals surface area contributed by atoms with E-state index in [2.05, 4.69) is 37.5 Å². The van der Waals surface area contributed by atoms with Crippen LogP contribution in [0.5, 0.6) is 0 Å². The maximum absolute atomic E-state index is 5.63. The summed E-state index contributed by atoms with van der Waals surface area (Å²) in [4.78, 5) is 0. The van der Waals surface area contributed by atoms with Gasteiger partial charge in [-0.2, -0.15) is 0 Å². The van der Waals surface area contributed by atoms with E-state index in [-0.39, 0.29) is 6.04 Å². The van der Waals surface area contributed by atoms with E-state index in [1.165, 1.54) is 16.7 Å². The molecule has 0 bridgehead atoms. The van der Waals surface area contributed by atoms with Crippen molar-refractivity contribution < 1.29 is 4.74 Å². The number of benzene rings is 1. The Bertz CT molecular complexity index is 305. The number of methoxy groups -OCH3 is 1. The highest BCUT2D eigenvalue weighted by Crippen LogP contribution is 2.24. The van der Waals surface area contributed by atoms with Gasteiger partial charge in [0.25, 0.3) is 0 Å². The molecule has 3 N–H and O–H groups in total. The lowest BCUT2D eigenvalue weighted by molar-refractivity contribution is 0.188. The molecule has 3 heteroatoms. The van der Waals surface area contributed by atoms with Crippen molar-refractivity contribution in [2.24, 2.45) is 5.84 Å². The van der Waals surface area contributed by atoms with Crippen molar-refractivity contribution in [1.29, 1.82) is 0 Å². The fourth-order valence-electron chi connectivity index (χ4n) is 2.12. The Morgan fingerprint density at radius 2 is 1.94 bits per heavy atom. The average molecular weight is 222 g/mol. The Morgan fingerprint density at radius 3 is 2.44 bits per heavy atom. The molecule has 3 nitrogen and oxygen atoms in total. The van der Waals surface area contributed by atoms with Gasteiger partial charge in [0.15, 0.2) is 0 Å². The summed E-state index contributed by atoms with van der Waals surface area (Å²) in [7, 11) is 1.73. The summed E-state index contributed by atoms with van der Waals surface area (Å²) < 4.78 is 5.06. The third-order valence-corrected chi connectivity index (χ3v) is 2.93. The maximum atomic E-state index is 5.63. The maximum Gasteiger partial charge on any atom is 0.0466 e. The van der Waals surface area contributed by atoms with Crippen LogP contribution in [0.2, 0.25) is 0 Å². The standard InChI is InChI=1S/C13H22N2O/c1-10-6-4-7-11(2)13(10)12(15-14)8-5-9-16-3/h4,6-7,12,15H,5,8-9,14H2,1-3H3. The summed E-state index contributed by atoms with van der Waals surface area (Å²) in [6.07, 6.45) is 2.01. The Labute approximate surface area is 98.0 Å². The van der Waals surface area contributed by atoms with Gasteiger partial charge in [0.1, 0.15) is 0 Å². The van der Waals surface area contributed by atoms with Gasteiger partial charge in [0.05, 0.1) is 0 Å². The molecule has 1 rings (SSSR count). The summed E-state index contributed by atoms with van der Waals surface area (Å²) in [5.74, 6) is 5.63. The molecule has 1 unspecified atom stereocenters. The molecular weight excluding hydrogens is 200 g/mol. The highest BCUT2D eigenvalue weighted by Gasteiger charge is 2.13. The molecule has 0 amide bonds. The van der Waals surface area contributed by atoms with Crippen molar-refractivity contribution in [3.63, 3.8) is 0 Å². The topological polar surface area (TPSA) is 47.3 Å². The second-order valence-corrected chi connectivity index (χ2v) is 4.16. The third-order valence-electron chi connectivity index (χ3n) is 2.93. The number of hydrazine groups is 1. The smallest absolute Gasteiger partial charge is 0.0466 e. The van der Waals surface area contributed by atoms with E-state index in [9.17, 15) is 0 Å². The van der Waals surface area contributed by atoms with E-state index < -0.39 is 0 Å².